The molecule has 1 aromatic rings. The van der Waals surface area contributed by atoms with Gasteiger partial charge in [0.25, 0.3) is 5.91 Å². The number of benzene rings is 1. The molecule has 0 spiro atoms. The lowest BCUT2D eigenvalue weighted by Crippen LogP contribution is -2.50. The van der Waals surface area contributed by atoms with E-state index in [9.17, 15) is 4.79 Å². The molecule has 1 amide bonds. The smallest absolute Gasteiger partial charge is 0.253 e. The molecular weight excluding hydrogens is 418 g/mol. The van der Waals surface area contributed by atoms with Crippen molar-refractivity contribution in [1.29, 1.82) is 0 Å². The third-order valence-corrected chi connectivity index (χ3v) is 8.04. The fourth-order valence-corrected chi connectivity index (χ4v) is 6.34. The number of amides is 1. The van der Waals surface area contributed by atoms with Crippen molar-refractivity contribution in [2.24, 2.45) is 0 Å². The van der Waals surface area contributed by atoms with Crippen LogP contribution in [0.4, 0.5) is 0 Å². The Labute approximate surface area is 207 Å². The first-order chi connectivity index (χ1) is 16.5. The summed E-state index contributed by atoms with van der Waals surface area (Å²) in [5.41, 5.74) is 5.06. The van der Waals surface area contributed by atoms with Crippen molar-refractivity contribution >= 4 is 5.91 Å². The SMILES string of the molecule is C=CCN1CCC2CCCC(C1)N2C(C1=CC(C)=CCC1)c1ccc(C(=O)N(CC)CC)cc1. The number of fused-ring (bicyclic) bond motifs is 2. The minimum atomic E-state index is 0.135. The minimum absolute atomic E-state index is 0.135. The molecule has 2 saturated heterocycles. The van der Waals surface area contributed by atoms with Crippen molar-refractivity contribution in [2.75, 3.05) is 32.7 Å². The van der Waals surface area contributed by atoms with E-state index in [4.69, 9.17) is 0 Å². The second-order valence-electron chi connectivity index (χ2n) is 10.2. The molecule has 3 unspecified atom stereocenters. The number of carbonyl (C=O) groups excluding carboxylic acids is 1. The highest BCUT2D eigenvalue weighted by Gasteiger charge is 2.40. The van der Waals surface area contributed by atoms with Gasteiger partial charge in [-0.1, -0.05) is 42.4 Å². The summed E-state index contributed by atoms with van der Waals surface area (Å²) in [6.45, 7) is 15.1. The number of carbonyl (C=O) groups is 1. The summed E-state index contributed by atoms with van der Waals surface area (Å²) in [4.78, 5) is 20.3. The molecule has 0 N–H and O–H groups in total. The van der Waals surface area contributed by atoms with E-state index in [1.807, 2.05) is 18.7 Å². The predicted octanol–water partition coefficient (Wildman–Crippen LogP) is 5.99. The van der Waals surface area contributed by atoms with Gasteiger partial charge in [-0.05, 0) is 76.1 Å². The van der Waals surface area contributed by atoms with Gasteiger partial charge in [0.1, 0.15) is 0 Å². The van der Waals surface area contributed by atoms with Crippen LogP contribution in [0.25, 0.3) is 0 Å². The van der Waals surface area contributed by atoms with Crippen LogP contribution >= 0.6 is 0 Å². The maximum Gasteiger partial charge on any atom is 0.253 e. The molecule has 1 aliphatic carbocycles. The van der Waals surface area contributed by atoms with Gasteiger partial charge in [-0.25, -0.2) is 0 Å². The van der Waals surface area contributed by atoms with Gasteiger partial charge in [0, 0.05) is 50.4 Å². The highest BCUT2D eigenvalue weighted by atomic mass is 16.2. The fraction of sp³-hybridized carbons (Fsp3) is 0.567. The van der Waals surface area contributed by atoms with Gasteiger partial charge in [0.05, 0.1) is 6.04 Å². The molecule has 2 fully saturated rings. The van der Waals surface area contributed by atoms with Crippen molar-refractivity contribution in [3.63, 3.8) is 0 Å². The van der Waals surface area contributed by atoms with Gasteiger partial charge in [-0.2, -0.15) is 0 Å². The first-order valence-corrected chi connectivity index (χ1v) is 13.4. The molecule has 2 bridgehead atoms. The van der Waals surface area contributed by atoms with Gasteiger partial charge < -0.3 is 4.90 Å². The summed E-state index contributed by atoms with van der Waals surface area (Å²) in [7, 11) is 0. The van der Waals surface area contributed by atoms with Crippen LogP contribution in [0, 0.1) is 0 Å². The Morgan fingerprint density at radius 2 is 1.88 bits per heavy atom. The van der Waals surface area contributed by atoms with Crippen LogP contribution in [0.1, 0.15) is 81.3 Å². The molecular formula is C30H43N3O. The van der Waals surface area contributed by atoms with Crippen molar-refractivity contribution < 1.29 is 4.79 Å². The lowest BCUT2D eigenvalue weighted by atomic mass is 9.84. The molecule has 0 aromatic heterocycles. The third-order valence-electron chi connectivity index (χ3n) is 8.04. The Balaban J connectivity index is 1.70. The summed E-state index contributed by atoms with van der Waals surface area (Å²) in [6.07, 6.45) is 14.2. The molecule has 184 valence electrons. The van der Waals surface area contributed by atoms with Gasteiger partial charge in [-0.15, -0.1) is 6.58 Å². The third kappa shape index (κ3) is 5.39. The summed E-state index contributed by atoms with van der Waals surface area (Å²) in [5.74, 6) is 0.135. The molecule has 0 radical (unpaired) electrons. The highest BCUT2D eigenvalue weighted by Crippen LogP contribution is 2.42. The largest absolute Gasteiger partial charge is 0.339 e. The number of piperidine rings is 1. The average Bonchev–Trinajstić information content (AvgIpc) is 2.93. The van der Waals surface area contributed by atoms with Gasteiger partial charge in [-0.3, -0.25) is 14.6 Å². The summed E-state index contributed by atoms with van der Waals surface area (Å²) in [5, 5.41) is 0. The average molecular weight is 462 g/mol. The molecule has 3 aliphatic rings. The molecule has 1 aromatic carbocycles. The predicted molar refractivity (Wildman–Crippen MR) is 142 cm³/mol. The van der Waals surface area contributed by atoms with Crippen LogP contribution in [-0.2, 0) is 0 Å². The molecule has 4 nitrogen and oxygen atoms in total. The number of hydrogen-bond donors (Lipinski definition) is 0. The normalized spacial score (nSPS) is 24.6. The van der Waals surface area contributed by atoms with Crippen LogP contribution in [0.15, 0.2) is 60.2 Å². The highest BCUT2D eigenvalue weighted by molar-refractivity contribution is 5.94. The lowest BCUT2D eigenvalue weighted by Gasteiger charge is -2.47. The Morgan fingerprint density at radius 3 is 2.56 bits per heavy atom. The number of hydrogen-bond acceptors (Lipinski definition) is 3. The first kappa shape index (κ1) is 24.9. The molecule has 34 heavy (non-hydrogen) atoms. The Morgan fingerprint density at radius 1 is 1.15 bits per heavy atom. The van der Waals surface area contributed by atoms with Crippen LogP contribution in [-0.4, -0.2) is 65.4 Å². The fourth-order valence-electron chi connectivity index (χ4n) is 6.34. The van der Waals surface area contributed by atoms with Gasteiger partial charge in [0.2, 0.25) is 0 Å². The van der Waals surface area contributed by atoms with E-state index in [1.165, 1.54) is 42.4 Å². The second-order valence-corrected chi connectivity index (χ2v) is 10.2. The van der Waals surface area contributed by atoms with Crippen molar-refractivity contribution in [1.82, 2.24) is 14.7 Å². The van der Waals surface area contributed by atoms with Crippen molar-refractivity contribution in [3.05, 3.63) is 71.3 Å². The zero-order valence-electron chi connectivity index (χ0n) is 21.5. The minimum Gasteiger partial charge on any atom is -0.339 e. The molecule has 0 saturated carbocycles. The van der Waals surface area contributed by atoms with E-state index in [2.05, 4.69) is 65.8 Å². The molecule has 4 rings (SSSR count). The van der Waals surface area contributed by atoms with Crippen LogP contribution in [0.2, 0.25) is 0 Å². The maximum atomic E-state index is 12.9. The topological polar surface area (TPSA) is 26.8 Å². The number of nitrogens with zero attached hydrogens (tertiary/aromatic N) is 3. The van der Waals surface area contributed by atoms with Crippen LogP contribution < -0.4 is 0 Å². The van der Waals surface area contributed by atoms with E-state index in [1.54, 1.807) is 0 Å². The summed E-state index contributed by atoms with van der Waals surface area (Å²) in [6, 6.07) is 10.1. The van der Waals surface area contributed by atoms with Crippen LogP contribution in [0.5, 0.6) is 0 Å². The molecule has 4 heteroatoms. The monoisotopic (exact) mass is 461 g/mol. The number of allylic oxidation sites excluding steroid dienone is 3. The molecule has 3 atom stereocenters. The van der Waals surface area contributed by atoms with Gasteiger partial charge >= 0.3 is 0 Å². The van der Waals surface area contributed by atoms with E-state index in [-0.39, 0.29) is 5.91 Å². The lowest BCUT2D eigenvalue weighted by molar-refractivity contribution is 0.0533. The number of rotatable bonds is 8. The van der Waals surface area contributed by atoms with E-state index in [0.29, 0.717) is 18.1 Å². The zero-order valence-corrected chi connectivity index (χ0v) is 21.5. The van der Waals surface area contributed by atoms with Gasteiger partial charge in [0.15, 0.2) is 0 Å². The van der Waals surface area contributed by atoms with E-state index >= 15 is 0 Å². The maximum absolute atomic E-state index is 12.9. The standard InChI is InChI=1S/C30H43N3O/c1-5-19-31-20-18-27-12-9-13-28(22-31)33(27)29(26-11-8-10-23(4)21-26)24-14-16-25(17-15-24)30(34)32(6-2)7-3/h5,10,14-17,21,27-29H,1,6-9,11-13,18-20,22H2,2-4H3. The van der Waals surface area contributed by atoms with E-state index in [0.717, 1.165) is 51.1 Å². The summed E-state index contributed by atoms with van der Waals surface area (Å²) < 4.78 is 0. The Bertz CT molecular complexity index is 911. The Kier molecular flexibility index (Phi) is 8.44. The zero-order chi connectivity index (χ0) is 24.1. The summed E-state index contributed by atoms with van der Waals surface area (Å²) >= 11 is 0. The Hall–Kier alpha value is -2.17. The first-order valence-electron chi connectivity index (χ1n) is 13.4. The molecule has 2 aliphatic heterocycles. The van der Waals surface area contributed by atoms with E-state index < -0.39 is 0 Å². The van der Waals surface area contributed by atoms with Crippen LogP contribution in [0.3, 0.4) is 0 Å². The molecule has 2 heterocycles. The quantitative estimate of drug-likeness (QED) is 0.445. The van der Waals surface area contributed by atoms with Crippen molar-refractivity contribution in [3.8, 4) is 0 Å². The van der Waals surface area contributed by atoms with Crippen molar-refractivity contribution in [2.45, 2.75) is 77.4 Å². The second kappa shape index (κ2) is 11.5.